The van der Waals surface area contributed by atoms with Gasteiger partial charge in [0, 0.05) is 5.69 Å². The number of rotatable bonds is 6. The molecule has 0 aliphatic heterocycles. The molecule has 0 aliphatic rings. The lowest BCUT2D eigenvalue weighted by Gasteiger charge is -2.25. The van der Waals surface area contributed by atoms with Gasteiger partial charge in [-0.25, -0.2) is 4.79 Å². The Labute approximate surface area is 148 Å². The zero-order valence-corrected chi connectivity index (χ0v) is 15.0. The number of ether oxygens (including phenoxy) is 2. The number of aryl methyl sites for hydroxylation is 1. The van der Waals surface area contributed by atoms with E-state index < -0.39 is 5.60 Å². The molecule has 0 aliphatic carbocycles. The predicted molar refractivity (Wildman–Crippen MR) is 96.9 cm³/mol. The van der Waals surface area contributed by atoms with Crippen molar-refractivity contribution in [1.82, 2.24) is 0 Å². The van der Waals surface area contributed by atoms with Gasteiger partial charge in [-0.15, -0.1) is 0 Å². The number of carbonyl (C=O) groups excluding carboxylic acids is 2. The highest BCUT2D eigenvalue weighted by atomic mass is 16.5. The van der Waals surface area contributed by atoms with Crippen LogP contribution < -0.4 is 10.1 Å². The zero-order chi connectivity index (χ0) is 18.4. The summed E-state index contributed by atoms with van der Waals surface area (Å²) in [4.78, 5) is 24.2. The molecule has 0 saturated heterocycles. The van der Waals surface area contributed by atoms with E-state index in [1.165, 1.54) is 0 Å². The number of anilines is 1. The molecule has 0 heterocycles. The average Bonchev–Trinajstić information content (AvgIpc) is 2.55. The first-order valence-corrected chi connectivity index (χ1v) is 8.16. The Morgan fingerprint density at radius 1 is 1.08 bits per heavy atom. The number of carbonyl (C=O) groups is 2. The summed E-state index contributed by atoms with van der Waals surface area (Å²) >= 11 is 0. The van der Waals surface area contributed by atoms with Gasteiger partial charge in [0.25, 0.3) is 5.91 Å². The molecule has 132 valence electrons. The van der Waals surface area contributed by atoms with E-state index in [9.17, 15) is 9.59 Å². The Balaban J connectivity index is 2.03. The largest absolute Gasteiger partial charge is 0.478 e. The summed E-state index contributed by atoms with van der Waals surface area (Å²) in [5.74, 6) is -0.0285. The number of benzene rings is 2. The molecule has 0 bridgehead atoms. The molecule has 0 atom stereocenters. The summed E-state index contributed by atoms with van der Waals surface area (Å²) in [7, 11) is 0. The van der Waals surface area contributed by atoms with E-state index in [0.29, 0.717) is 23.6 Å². The SMILES string of the molecule is CCOC(=O)c1ccc(NC(=O)C(C)(C)Oc2cccc(C)c2)cc1. The van der Waals surface area contributed by atoms with Crippen molar-refractivity contribution >= 4 is 17.6 Å². The molecule has 2 aromatic rings. The van der Waals surface area contributed by atoms with Crippen LogP contribution in [0.15, 0.2) is 48.5 Å². The van der Waals surface area contributed by atoms with E-state index in [4.69, 9.17) is 9.47 Å². The van der Waals surface area contributed by atoms with Crippen LogP contribution in [0.2, 0.25) is 0 Å². The second-order valence-corrected chi connectivity index (χ2v) is 6.18. The zero-order valence-electron chi connectivity index (χ0n) is 15.0. The molecule has 0 unspecified atom stereocenters. The third-order valence-electron chi connectivity index (χ3n) is 3.56. The minimum absolute atomic E-state index is 0.280. The van der Waals surface area contributed by atoms with Crippen LogP contribution in [0.1, 0.15) is 36.7 Å². The van der Waals surface area contributed by atoms with Gasteiger partial charge in [0.2, 0.25) is 0 Å². The monoisotopic (exact) mass is 341 g/mol. The summed E-state index contributed by atoms with van der Waals surface area (Å²) in [6, 6.07) is 14.1. The predicted octanol–water partition coefficient (Wildman–Crippen LogP) is 3.97. The number of nitrogens with one attached hydrogen (secondary N) is 1. The molecule has 0 spiro atoms. The van der Waals surface area contributed by atoms with E-state index in [1.807, 2.05) is 31.2 Å². The average molecular weight is 341 g/mol. The number of hydrogen-bond acceptors (Lipinski definition) is 4. The van der Waals surface area contributed by atoms with Gasteiger partial charge in [-0.1, -0.05) is 12.1 Å². The standard InChI is InChI=1S/C20H23NO4/c1-5-24-18(22)15-9-11-16(12-10-15)21-19(23)20(3,4)25-17-8-6-7-14(2)13-17/h6-13H,5H2,1-4H3,(H,21,23). The smallest absolute Gasteiger partial charge is 0.338 e. The van der Waals surface area contributed by atoms with Gasteiger partial charge in [0.1, 0.15) is 5.75 Å². The Morgan fingerprint density at radius 2 is 1.76 bits per heavy atom. The van der Waals surface area contributed by atoms with Gasteiger partial charge in [0.05, 0.1) is 12.2 Å². The number of amides is 1. The molecule has 5 heteroatoms. The summed E-state index contributed by atoms with van der Waals surface area (Å²) < 4.78 is 10.8. The van der Waals surface area contributed by atoms with Gasteiger partial charge in [0.15, 0.2) is 5.60 Å². The van der Waals surface area contributed by atoms with Crippen molar-refractivity contribution in [2.45, 2.75) is 33.3 Å². The molecule has 1 amide bonds. The van der Waals surface area contributed by atoms with E-state index in [-0.39, 0.29) is 11.9 Å². The lowest BCUT2D eigenvalue weighted by Crippen LogP contribution is -2.42. The lowest BCUT2D eigenvalue weighted by atomic mass is 10.1. The topological polar surface area (TPSA) is 64.6 Å². The first kappa shape index (κ1) is 18.5. The quantitative estimate of drug-likeness (QED) is 0.808. The molecule has 5 nitrogen and oxygen atoms in total. The van der Waals surface area contributed by atoms with Crippen LogP contribution in [0.3, 0.4) is 0 Å². The summed E-state index contributed by atoms with van der Waals surface area (Å²) in [6.07, 6.45) is 0. The highest BCUT2D eigenvalue weighted by molar-refractivity contribution is 5.97. The molecule has 1 N–H and O–H groups in total. The van der Waals surface area contributed by atoms with E-state index in [1.54, 1.807) is 45.0 Å². The summed E-state index contributed by atoms with van der Waals surface area (Å²) in [5, 5.41) is 2.80. The molecule has 25 heavy (non-hydrogen) atoms. The first-order valence-electron chi connectivity index (χ1n) is 8.16. The fourth-order valence-electron chi connectivity index (χ4n) is 2.21. The van der Waals surface area contributed by atoms with Crippen LogP contribution in [-0.2, 0) is 9.53 Å². The van der Waals surface area contributed by atoms with Gasteiger partial charge in [-0.2, -0.15) is 0 Å². The minimum Gasteiger partial charge on any atom is -0.478 e. The Hall–Kier alpha value is -2.82. The molecular formula is C20H23NO4. The second-order valence-electron chi connectivity index (χ2n) is 6.18. The van der Waals surface area contributed by atoms with Crippen molar-refractivity contribution < 1.29 is 19.1 Å². The Morgan fingerprint density at radius 3 is 2.36 bits per heavy atom. The lowest BCUT2D eigenvalue weighted by molar-refractivity contribution is -0.128. The van der Waals surface area contributed by atoms with Crippen molar-refractivity contribution in [3.63, 3.8) is 0 Å². The van der Waals surface area contributed by atoms with E-state index in [2.05, 4.69) is 5.32 Å². The van der Waals surface area contributed by atoms with Crippen molar-refractivity contribution in [1.29, 1.82) is 0 Å². The van der Waals surface area contributed by atoms with Crippen molar-refractivity contribution in [3.05, 3.63) is 59.7 Å². The molecule has 2 aromatic carbocycles. The van der Waals surface area contributed by atoms with Crippen LogP contribution in [0.5, 0.6) is 5.75 Å². The van der Waals surface area contributed by atoms with Crippen LogP contribution in [0, 0.1) is 6.92 Å². The maximum Gasteiger partial charge on any atom is 0.338 e. The van der Waals surface area contributed by atoms with Crippen molar-refractivity contribution in [2.75, 3.05) is 11.9 Å². The third kappa shape index (κ3) is 5.08. The van der Waals surface area contributed by atoms with E-state index in [0.717, 1.165) is 5.56 Å². The molecule has 2 rings (SSSR count). The second kappa shape index (κ2) is 7.83. The molecule has 0 saturated carbocycles. The summed E-state index contributed by atoms with van der Waals surface area (Å²) in [5.41, 5.74) is 1.03. The molecule has 0 aromatic heterocycles. The van der Waals surface area contributed by atoms with Crippen molar-refractivity contribution in [2.24, 2.45) is 0 Å². The maximum atomic E-state index is 12.5. The van der Waals surface area contributed by atoms with E-state index >= 15 is 0 Å². The van der Waals surface area contributed by atoms with Gasteiger partial charge in [-0.3, -0.25) is 4.79 Å². The molecule has 0 radical (unpaired) electrons. The normalized spacial score (nSPS) is 10.9. The molecular weight excluding hydrogens is 318 g/mol. The third-order valence-corrected chi connectivity index (χ3v) is 3.56. The van der Waals surface area contributed by atoms with Gasteiger partial charge in [-0.05, 0) is 69.7 Å². The summed E-state index contributed by atoms with van der Waals surface area (Å²) in [6.45, 7) is 7.45. The number of hydrogen-bond donors (Lipinski definition) is 1. The molecule has 0 fully saturated rings. The maximum absolute atomic E-state index is 12.5. The van der Waals surface area contributed by atoms with Crippen LogP contribution >= 0.6 is 0 Å². The fourth-order valence-corrected chi connectivity index (χ4v) is 2.21. The Kier molecular flexibility index (Phi) is 5.80. The Bertz CT molecular complexity index is 751. The van der Waals surface area contributed by atoms with Gasteiger partial charge < -0.3 is 14.8 Å². The van der Waals surface area contributed by atoms with Crippen LogP contribution in [-0.4, -0.2) is 24.1 Å². The first-order chi connectivity index (χ1) is 11.8. The fraction of sp³-hybridized carbons (Fsp3) is 0.300. The van der Waals surface area contributed by atoms with Gasteiger partial charge >= 0.3 is 5.97 Å². The van der Waals surface area contributed by atoms with Crippen LogP contribution in [0.25, 0.3) is 0 Å². The minimum atomic E-state index is -1.05. The van der Waals surface area contributed by atoms with Crippen molar-refractivity contribution in [3.8, 4) is 5.75 Å². The highest BCUT2D eigenvalue weighted by Gasteiger charge is 2.30. The highest BCUT2D eigenvalue weighted by Crippen LogP contribution is 2.21. The number of esters is 1. The van der Waals surface area contributed by atoms with Crippen LogP contribution in [0.4, 0.5) is 5.69 Å².